The van der Waals surface area contributed by atoms with Crippen LogP contribution in [0.1, 0.15) is 64.2 Å². The van der Waals surface area contributed by atoms with Crippen molar-refractivity contribution in [3.05, 3.63) is 0 Å². The van der Waals surface area contributed by atoms with Crippen molar-refractivity contribution < 1.29 is 9.90 Å². The zero-order valence-corrected chi connectivity index (χ0v) is 11.9. The van der Waals surface area contributed by atoms with E-state index < -0.39 is 5.60 Å². The fraction of sp³-hybridized carbons (Fsp3) is 0.933. The van der Waals surface area contributed by atoms with E-state index in [1.807, 2.05) is 0 Å². The summed E-state index contributed by atoms with van der Waals surface area (Å²) in [5.74, 6) is 0.0733. The van der Waals surface area contributed by atoms with Crippen molar-refractivity contribution in [3.63, 3.8) is 0 Å². The third-order valence-corrected chi connectivity index (χ3v) is 4.49. The molecule has 0 aromatic carbocycles. The molecule has 0 aromatic rings. The molecule has 0 bridgehead atoms. The average Bonchev–Trinajstić information content (AvgIpc) is 2.77. The van der Waals surface area contributed by atoms with Gasteiger partial charge in [0, 0.05) is 12.6 Å². The zero-order chi connectivity index (χ0) is 13.6. The first kappa shape index (κ1) is 14.8. The number of nitrogens with one attached hydrogen (secondary N) is 2. The van der Waals surface area contributed by atoms with Crippen molar-refractivity contribution in [1.29, 1.82) is 0 Å². The second-order valence-electron chi connectivity index (χ2n) is 6.29. The van der Waals surface area contributed by atoms with E-state index in [4.69, 9.17) is 0 Å². The lowest BCUT2D eigenvalue weighted by Gasteiger charge is -2.27. The Bertz CT molecular complexity index is 280. The molecule has 19 heavy (non-hydrogen) atoms. The summed E-state index contributed by atoms with van der Waals surface area (Å²) in [5, 5.41) is 16.6. The minimum Gasteiger partial charge on any atom is -0.389 e. The fourth-order valence-corrected chi connectivity index (χ4v) is 3.32. The van der Waals surface area contributed by atoms with Gasteiger partial charge in [0.05, 0.1) is 12.1 Å². The fourth-order valence-electron chi connectivity index (χ4n) is 3.32. The van der Waals surface area contributed by atoms with Gasteiger partial charge in [0.15, 0.2) is 0 Å². The highest BCUT2D eigenvalue weighted by molar-refractivity contribution is 5.78. The maximum absolute atomic E-state index is 11.8. The third-order valence-electron chi connectivity index (χ3n) is 4.49. The number of carbonyl (C=O) groups is 1. The van der Waals surface area contributed by atoms with Crippen molar-refractivity contribution in [3.8, 4) is 0 Å². The Morgan fingerprint density at radius 1 is 1.05 bits per heavy atom. The number of hydrogen-bond donors (Lipinski definition) is 3. The molecular formula is C15H28N2O2. The maximum atomic E-state index is 11.8. The normalized spacial score (nSPS) is 24.1. The standard InChI is InChI=1S/C15H28N2O2/c18-14(17-13-7-3-4-8-13)11-16-12-15(19)9-5-1-2-6-10-15/h13,16,19H,1-12H2,(H,17,18). The second kappa shape index (κ2) is 7.25. The van der Waals surface area contributed by atoms with Gasteiger partial charge in [-0.3, -0.25) is 4.79 Å². The van der Waals surface area contributed by atoms with Crippen LogP contribution >= 0.6 is 0 Å². The van der Waals surface area contributed by atoms with Crippen LogP contribution in [-0.2, 0) is 4.79 Å². The molecule has 110 valence electrons. The van der Waals surface area contributed by atoms with Gasteiger partial charge in [-0.2, -0.15) is 0 Å². The molecule has 0 unspecified atom stereocenters. The molecule has 2 aliphatic rings. The molecule has 0 saturated heterocycles. The van der Waals surface area contributed by atoms with Crippen LogP contribution in [-0.4, -0.2) is 35.7 Å². The van der Waals surface area contributed by atoms with Gasteiger partial charge in [-0.1, -0.05) is 38.5 Å². The quantitative estimate of drug-likeness (QED) is 0.665. The molecule has 3 N–H and O–H groups in total. The SMILES string of the molecule is O=C(CNCC1(O)CCCCCC1)NC1CCCC1. The molecule has 2 saturated carbocycles. The largest absolute Gasteiger partial charge is 0.389 e. The minimum absolute atomic E-state index is 0.0733. The summed E-state index contributed by atoms with van der Waals surface area (Å²) in [6.45, 7) is 0.879. The smallest absolute Gasteiger partial charge is 0.234 e. The lowest BCUT2D eigenvalue weighted by atomic mass is 9.94. The van der Waals surface area contributed by atoms with E-state index in [1.54, 1.807) is 0 Å². The monoisotopic (exact) mass is 268 g/mol. The molecule has 0 spiro atoms. The lowest BCUT2D eigenvalue weighted by molar-refractivity contribution is -0.121. The van der Waals surface area contributed by atoms with Gasteiger partial charge >= 0.3 is 0 Å². The van der Waals surface area contributed by atoms with Crippen LogP contribution in [0.5, 0.6) is 0 Å². The van der Waals surface area contributed by atoms with Crippen molar-refractivity contribution in [1.82, 2.24) is 10.6 Å². The number of rotatable bonds is 5. The summed E-state index contributed by atoms with van der Waals surface area (Å²) in [6, 6.07) is 0.385. The molecule has 2 rings (SSSR count). The topological polar surface area (TPSA) is 61.4 Å². The predicted octanol–water partition coefficient (Wildman–Crippen LogP) is 1.72. The van der Waals surface area contributed by atoms with Gasteiger partial charge in [-0.05, 0) is 25.7 Å². The average molecular weight is 268 g/mol. The van der Waals surface area contributed by atoms with Crippen LogP contribution in [0.25, 0.3) is 0 Å². The highest BCUT2D eigenvalue weighted by Gasteiger charge is 2.27. The molecule has 4 heteroatoms. The highest BCUT2D eigenvalue weighted by atomic mass is 16.3. The molecule has 2 aliphatic carbocycles. The summed E-state index contributed by atoms with van der Waals surface area (Å²) in [6.07, 6.45) is 11.1. The number of carbonyl (C=O) groups excluding carboxylic acids is 1. The van der Waals surface area contributed by atoms with Crippen molar-refractivity contribution in [2.45, 2.75) is 75.9 Å². The number of aliphatic hydroxyl groups is 1. The van der Waals surface area contributed by atoms with E-state index in [1.165, 1.54) is 25.7 Å². The van der Waals surface area contributed by atoms with Gasteiger partial charge in [0.1, 0.15) is 0 Å². The third kappa shape index (κ3) is 5.11. The van der Waals surface area contributed by atoms with Crippen LogP contribution in [0.2, 0.25) is 0 Å². The summed E-state index contributed by atoms with van der Waals surface area (Å²) in [4.78, 5) is 11.8. The van der Waals surface area contributed by atoms with E-state index in [0.29, 0.717) is 19.1 Å². The van der Waals surface area contributed by atoms with Gasteiger partial charge in [-0.15, -0.1) is 0 Å². The summed E-state index contributed by atoms with van der Waals surface area (Å²) in [5.41, 5.74) is -0.593. The molecule has 4 nitrogen and oxygen atoms in total. The van der Waals surface area contributed by atoms with Gasteiger partial charge in [0.2, 0.25) is 5.91 Å². The molecule has 2 fully saturated rings. The number of hydrogen-bond acceptors (Lipinski definition) is 3. The van der Waals surface area contributed by atoms with Crippen LogP contribution < -0.4 is 10.6 Å². The van der Waals surface area contributed by atoms with Crippen LogP contribution in [0.15, 0.2) is 0 Å². The Hall–Kier alpha value is -0.610. The Balaban J connectivity index is 1.62. The predicted molar refractivity (Wildman–Crippen MR) is 75.9 cm³/mol. The van der Waals surface area contributed by atoms with Crippen molar-refractivity contribution >= 4 is 5.91 Å². The molecule has 0 atom stereocenters. The first-order valence-corrected chi connectivity index (χ1v) is 7.90. The molecule has 1 amide bonds. The van der Waals surface area contributed by atoms with Gasteiger partial charge in [0.25, 0.3) is 0 Å². The van der Waals surface area contributed by atoms with Crippen molar-refractivity contribution in [2.75, 3.05) is 13.1 Å². The highest BCUT2D eigenvalue weighted by Crippen LogP contribution is 2.26. The van der Waals surface area contributed by atoms with E-state index in [9.17, 15) is 9.90 Å². The second-order valence-corrected chi connectivity index (χ2v) is 6.29. The van der Waals surface area contributed by atoms with Gasteiger partial charge < -0.3 is 15.7 Å². The first-order chi connectivity index (χ1) is 9.18. The minimum atomic E-state index is -0.593. The van der Waals surface area contributed by atoms with Crippen LogP contribution in [0, 0.1) is 0 Å². The van der Waals surface area contributed by atoms with Crippen LogP contribution in [0.4, 0.5) is 0 Å². The Morgan fingerprint density at radius 3 is 2.32 bits per heavy atom. The van der Waals surface area contributed by atoms with E-state index in [0.717, 1.165) is 38.5 Å². The molecule has 0 radical (unpaired) electrons. The van der Waals surface area contributed by atoms with Crippen molar-refractivity contribution in [2.24, 2.45) is 0 Å². The molecule has 0 heterocycles. The zero-order valence-electron chi connectivity index (χ0n) is 11.9. The Morgan fingerprint density at radius 2 is 1.68 bits per heavy atom. The molecule has 0 aliphatic heterocycles. The molecule has 0 aromatic heterocycles. The summed E-state index contributed by atoms with van der Waals surface area (Å²) >= 11 is 0. The Kier molecular flexibility index (Phi) is 5.64. The van der Waals surface area contributed by atoms with Gasteiger partial charge in [-0.25, -0.2) is 0 Å². The molecular weight excluding hydrogens is 240 g/mol. The Labute approximate surface area is 116 Å². The lowest BCUT2D eigenvalue weighted by Crippen LogP contribution is -2.45. The van der Waals surface area contributed by atoms with E-state index in [2.05, 4.69) is 10.6 Å². The summed E-state index contributed by atoms with van der Waals surface area (Å²) in [7, 11) is 0. The maximum Gasteiger partial charge on any atom is 0.234 e. The first-order valence-electron chi connectivity index (χ1n) is 7.90. The number of amides is 1. The summed E-state index contributed by atoms with van der Waals surface area (Å²) < 4.78 is 0. The van der Waals surface area contributed by atoms with E-state index in [-0.39, 0.29) is 5.91 Å². The van der Waals surface area contributed by atoms with E-state index >= 15 is 0 Å². The van der Waals surface area contributed by atoms with Crippen LogP contribution in [0.3, 0.4) is 0 Å².